The number of carbonyl (C=O) groups excluding carboxylic acids is 1. The average Bonchev–Trinajstić information content (AvgIpc) is 2.56. The molecule has 0 aliphatic heterocycles. The Morgan fingerprint density at radius 3 is 2.62 bits per heavy atom. The summed E-state index contributed by atoms with van der Waals surface area (Å²) >= 11 is 0. The Morgan fingerprint density at radius 1 is 1.04 bits per heavy atom. The number of benzene rings is 2. The van der Waals surface area contributed by atoms with Gasteiger partial charge in [0.15, 0.2) is 0 Å². The second kappa shape index (κ2) is 6.71. The summed E-state index contributed by atoms with van der Waals surface area (Å²) in [5.41, 5.74) is 4.42. The molecule has 0 bridgehead atoms. The third-order valence-corrected chi connectivity index (χ3v) is 4.24. The molecule has 1 amide bonds. The zero-order valence-electron chi connectivity index (χ0n) is 13.8. The Kier molecular flexibility index (Phi) is 4.47. The number of aryl methyl sites for hydroxylation is 3. The molecule has 0 aliphatic rings. The minimum atomic E-state index is -0.132. The van der Waals surface area contributed by atoms with Gasteiger partial charge in [-0.25, -0.2) is 0 Å². The van der Waals surface area contributed by atoms with Crippen LogP contribution in [0.2, 0.25) is 0 Å². The molecule has 122 valence electrons. The van der Waals surface area contributed by atoms with Crippen LogP contribution < -0.4 is 10.9 Å². The molecule has 2 aromatic carbocycles. The number of pyridine rings is 1. The van der Waals surface area contributed by atoms with E-state index in [9.17, 15) is 9.59 Å². The zero-order valence-corrected chi connectivity index (χ0v) is 13.8. The van der Waals surface area contributed by atoms with Crippen LogP contribution in [0.5, 0.6) is 0 Å². The minimum Gasteiger partial charge on any atom is -0.326 e. The van der Waals surface area contributed by atoms with E-state index in [0.29, 0.717) is 12.0 Å². The van der Waals surface area contributed by atoms with Gasteiger partial charge in [-0.05, 0) is 61.0 Å². The normalized spacial score (nSPS) is 10.8. The van der Waals surface area contributed by atoms with E-state index < -0.39 is 0 Å². The van der Waals surface area contributed by atoms with E-state index in [2.05, 4.69) is 10.3 Å². The summed E-state index contributed by atoms with van der Waals surface area (Å²) in [7, 11) is 0. The number of rotatable bonds is 4. The average molecular weight is 320 g/mol. The molecule has 24 heavy (non-hydrogen) atoms. The highest BCUT2D eigenvalue weighted by atomic mass is 16.1. The molecule has 0 saturated carbocycles. The van der Waals surface area contributed by atoms with E-state index in [1.165, 1.54) is 5.56 Å². The minimum absolute atomic E-state index is 0.0918. The molecule has 4 heteroatoms. The largest absolute Gasteiger partial charge is 0.326 e. The summed E-state index contributed by atoms with van der Waals surface area (Å²) in [6.07, 6.45) is 0.686. The number of aromatic nitrogens is 1. The van der Waals surface area contributed by atoms with Crippen molar-refractivity contribution in [1.82, 2.24) is 4.98 Å². The molecule has 1 heterocycles. The number of H-pyrrole nitrogens is 1. The van der Waals surface area contributed by atoms with Gasteiger partial charge in [0, 0.05) is 23.2 Å². The maximum atomic E-state index is 12.1. The Hall–Kier alpha value is -2.88. The fourth-order valence-corrected chi connectivity index (χ4v) is 2.67. The summed E-state index contributed by atoms with van der Waals surface area (Å²) in [6, 6.07) is 15.3. The van der Waals surface area contributed by atoms with Gasteiger partial charge in [0.1, 0.15) is 0 Å². The van der Waals surface area contributed by atoms with Gasteiger partial charge in [0.2, 0.25) is 5.91 Å². The number of carbonyl (C=O) groups is 1. The number of para-hydroxylation sites is 1. The summed E-state index contributed by atoms with van der Waals surface area (Å²) < 4.78 is 0. The van der Waals surface area contributed by atoms with Crippen LogP contribution in [-0.4, -0.2) is 10.9 Å². The van der Waals surface area contributed by atoms with E-state index in [-0.39, 0.29) is 17.9 Å². The second-order valence-electron chi connectivity index (χ2n) is 6.06. The highest BCUT2D eigenvalue weighted by Crippen LogP contribution is 2.15. The van der Waals surface area contributed by atoms with Gasteiger partial charge >= 0.3 is 0 Å². The van der Waals surface area contributed by atoms with Crippen LogP contribution >= 0.6 is 0 Å². The number of fused-ring (bicyclic) bond motifs is 1. The van der Waals surface area contributed by atoms with Crippen LogP contribution in [0.25, 0.3) is 10.9 Å². The predicted molar refractivity (Wildman–Crippen MR) is 97.4 cm³/mol. The molecule has 3 aromatic rings. The van der Waals surface area contributed by atoms with E-state index in [1.54, 1.807) is 0 Å². The van der Waals surface area contributed by atoms with Crippen molar-refractivity contribution in [2.75, 3.05) is 5.32 Å². The number of amides is 1. The van der Waals surface area contributed by atoms with Gasteiger partial charge in [-0.15, -0.1) is 0 Å². The molecule has 3 rings (SSSR count). The first-order valence-electron chi connectivity index (χ1n) is 8.01. The SMILES string of the molecule is Cc1ccc(NC(=O)CCc2cc3ccccc3[nH]c2=O)cc1C. The highest BCUT2D eigenvalue weighted by Gasteiger charge is 2.07. The fourth-order valence-electron chi connectivity index (χ4n) is 2.67. The lowest BCUT2D eigenvalue weighted by molar-refractivity contribution is -0.116. The smallest absolute Gasteiger partial charge is 0.251 e. The van der Waals surface area contributed by atoms with E-state index in [1.807, 2.05) is 62.4 Å². The monoisotopic (exact) mass is 320 g/mol. The van der Waals surface area contributed by atoms with Crippen molar-refractivity contribution >= 4 is 22.5 Å². The lowest BCUT2D eigenvalue weighted by atomic mass is 10.1. The van der Waals surface area contributed by atoms with Crippen LogP contribution in [0, 0.1) is 13.8 Å². The Balaban J connectivity index is 1.68. The van der Waals surface area contributed by atoms with Gasteiger partial charge in [-0.3, -0.25) is 9.59 Å². The Morgan fingerprint density at radius 2 is 1.83 bits per heavy atom. The molecule has 0 atom stereocenters. The molecule has 0 spiro atoms. The molecule has 0 saturated heterocycles. The molecule has 4 nitrogen and oxygen atoms in total. The Labute approximate surface area is 140 Å². The van der Waals surface area contributed by atoms with Crippen molar-refractivity contribution in [1.29, 1.82) is 0 Å². The van der Waals surface area contributed by atoms with Crippen LogP contribution in [0.15, 0.2) is 53.3 Å². The first-order valence-corrected chi connectivity index (χ1v) is 8.01. The fraction of sp³-hybridized carbons (Fsp3) is 0.200. The molecule has 0 fully saturated rings. The van der Waals surface area contributed by atoms with Crippen LogP contribution in [0.4, 0.5) is 5.69 Å². The summed E-state index contributed by atoms with van der Waals surface area (Å²) in [5.74, 6) is -0.0918. The summed E-state index contributed by atoms with van der Waals surface area (Å²) in [5, 5.41) is 3.86. The lowest BCUT2D eigenvalue weighted by Gasteiger charge is -2.08. The third-order valence-electron chi connectivity index (χ3n) is 4.24. The number of anilines is 1. The predicted octanol–water partition coefficient (Wildman–Crippen LogP) is 3.72. The van der Waals surface area contributed by atoms with Crippen molar-refractivity contribution in [2.45, 2.75) is 26.7 Å². The Bertz CT molecular complexity index is 957. The van der Waals surface area contributed by atoms with E-state index >= 15 is 0 Å². The molecular weight excluding hydrogens is 300 g/mol. The lowest BCUT2D eigenvalue weighted by Crippen LogP contribution is -2.17. The van der Waals surface area contributed by atoms with Crippen molar-refractivity contribution in [3.05, 3.63) is 75.6 Å². The van der Waals surface area contributed by atoms with Crippen LogP contribution in [0.1, 0.15) is 23.1 Å². The van der Waals surface area contributed by atoms with E-state index in [4.69, 9.17) is 0 Å². The van der Waals surface area contributed by atoms with Gasteiger partial charge in [0.25, 0.3) is 5.56 Å². The van der Waals surface area contributed by atoms with Crippen molar-refractivity contribution in [2.24, 2.45) is 0 Å². The number of hydrogen-bond acceptors (Lipinski definition) is 2. The van der Waals surface area contributed by atoms with Gasteiger partial charge in [0.05, 0.1) is 0 Å². The van der Waals surface area contributed by atoms with Gasteiger partial charge in [-0.2, -0.15) is 0 Å². The molecule has 0 unspecified atom stereocenters. The second-order valence-corrected chi connectivity index (χ2v) is 6.06. The molecule has 0 aliphatic carbocycles. The molecule has 1 aromatic heterocycles. The standard InChI is InChI=1S/C20H20N2O2/c1-13-7-9-17(11-14(13)2)21-19(23)10-8-16-12-15-5-3-4-6-18(15)22-20(16)24/h3-7,9,11-12H,8,10H2,1-2H3,(H,21,23)(H,22,24). The van der Waals surface area contributed by atoms with Gasteiger partial charge < -0.3 is 10.3 Å². The third kappa shape index (κ3) is 3.54. The number of aromatic amines is 1. The van der Waals surface area contributed by atoms with Crippen molar-refractivity contribution in [3.8, 4) is 0 Å². The highest BCUT2D eigenvalue weighted by molar-refractivity contribution is 5.91. The first kappa shape index (κ1) is 16.0. The topological polar surface area (TPSA) is 62.0 Å². The number of hydrogen-bond donors (Lipinski definition) is 2. The quantitative estimate of drug-likeness (QED) is 0.769. The molecular formula is C20H20N2O2. The maximum absolute atomic E-state index is 12.1. The first-order chi connectivity index (χ1) is 11.5. The van der Waals surface area contributed by atoms with Crippen LogP contribution in [0.3, 0.4) is 0 Å². The maximum Gasteiger partial charge on any atom is 0.251 e. The zero-order chi connectivity index (χ0) is 17.1. The van der Waals surface area contributed by atoms with E-state index in [0.717, 1.165) is 22.2 Å². The van der Waals surface area contributed by atoms with Gasteiger partial charge in [-0.1, -0.05) is 24.3 Å². The summed E-state index contributed by atoms with van der Waals surface area (Å²) in [4.78, 5) is 27.1. The summed E-state index contributed by atoms with van der Waals surface area (Å²) in [6.45, 7) is 4.05. The molecule has 0 radical (unpaired) electrons. The van der Waals surface area contributed by atoms with Crippen LogP contribution in [-0.2, 0) is 11.2 Å². The van der Waals surface area contributed by atoms with Crippen molar-refractivity contribution in [3.63, 3.8) is 0 Å². The van der Waals surface area contributed by atoms with Crippen molar-refractivity contribution < 1.29 is 4.79 Å². The number of nitrogens with one attached hydrogen (secondary N) is 2. The molecule has 2 N–H and O–H groups in total.